The summed E-state index contributed by atoms with van der Waals surface area (Å²) in [7, 11) is 0. The van der Waals surface area contributed by atoms with E-state index >= 15 is 0 Å². The summed E-state index contributed by atoms with van der Waals surface area (Å²) in [5, 5.41) is 8.46. The third kappa shape index (κ3) is 4.48. The van der Waals surface area contributed by atoms with Gasteiger partial charge in [0.2, 0.25) is 0 Å². The number of rotatable bonds is 3. The zero-order valence-electron chi connectivity index (χ0n) is 8.28. The minimum Gasteiger partial charge on any atom is -0.265 e. The van der Waals surface area contributed by atoms with Gasteiger partial charge in [-0.3, -0.25) is 9.63 Å². The molecule has 1 aromatic heterocycles. The minimum absolute atomic E-state index is 0.147. The van der Waals surface area contributed by atoms with Gasteiger partial charge in [-0.1, -0.05) is 0 Å². The minimum atomic E-state index is -4.52. The summed E-state index contributed by atoms with van der Waals surface area (Å²) in [5.74, 6) is -0.918. The number of nitriles is 1. The van der Waals surface area contributed by atoms with E-state index < -0.39 is 18.7 Å². The monoisotopic (exact) mass is 245 g/mol. The molecule has 1 amide bonds. The predicted octanol–water partition coefficient (Wildman–Crippen LogP) is 1.18. The molecule has 90 valence electrons. The van der Waals surface area contributed by atoms with Crippen LogP contribution in [-0.2, 0) is 4.84 Å². The van der Waals surface area contributed by atoms with E-state index in [0.717, 1.165) is 6.20 Å². The molecular weight excluding hydrogens is 239 g/mol. The van der Waals surface area contributed by atoms with E-state index in [-0.39, 0.29) is 11.3 Å². The molecule has 1 rings (SSSR count). The maximum absolute atomic E-state index is 11.7. The Labute approximate surface area is 93.8 Å². The smallest absolute Gasteiger partial charge is 0.265 e. The molecule has 0 radical (unpaired) electrons. The van der Waals surface area contributed by atoms with Crippen LogP contribution in [0.2, 0.25) is 0 Å². The van der Waals surface area contributed by atoms with Crippen LogP contribution in [0.3, 0.4) is 0 Å². The normalized spacial score (nSPS) is 10.7. The number of hydrogen-bond donors (Lipinski definition) is 1. The van der Waals surface area contributed by atoms with Gasteiger partial charge >= 0.3 is 6.18 Å². The molecule has 1 aromatic rings. The quantitative estimate of drug-likeness (QED) is 0.811. The molecule has 0 aliphatic heterocycles. The molecule has 0 saturated heterocycles. The molecule has 0 atom stereocenters. The summed E-state index contributed by atoms with van der Waals surface area (Å²) < 4.78 is 35.0. The second-order valence-corrected chi connectivity index (χ2v) is 2.88. The zero-order valence-corrected chi connectivity index (χ0v) is 8.28. The molecule has 5 nitrogen and oxygen atoms in total. The molecule has 0 aliphatic rings. The van der Waals surface area contributed by atoms with Crippen molar-refractivity contribution in [1.29, 1.82) is 5.26 Å². The van der Waals surface area contributed by atoms with Crippen LogP contribution in [0.1, 0.15) is 16.1 Å². The molecular formula is C9H6F3N3O2. The Morgan fingerprint density at radius 1 is 1.53 bits per heavy atom. The summed E-state index contributed by atoms with van der Waals surface area (Å²) in [6.07, 6.45) is -3.40. The van der Waals surface area contributed by atoms with E-state index in [4.69, 9.17) is 5.26 Å². The van der Waals surface area contributed by atoms with Crippen LogP contribution >= 0.6 is 0 Å². The number of hydroxylamine groups is 1. The average molecular weight is 245 g/mol. The number of carbonyl (C=O) groups is 1. The maximum Gasteiger partial charge on any atom is 0.414 e. The SMILES string of the molecule is N#Cc1ccc(C(=O)NOCC(F)(F)F)nc1. The lowest BCUT2D eigenvalue weighted by atomic mass is 10.2. The van der Waals surface area contributed by atoms with Crippen LogP contribution in [-0.4, -0.2) is 23.7 Å². The van der Waals surface area contributed by atoms with E-state index in [1.54, 1.807) is 11.5 Å². The molecule has 0 saturated carbocycles. The fourth-order valence-corrected chi connectivity index (χ4v) is 0.830. The summed E-state index contributed by atoms with van der Waals surface area (Å²) in [6, 6.07) is 4.29. The van der Waals surface area contributed by atoms with Gasteiger partial charge < -0.3 is 0 Å². The largest absolute Gasteiger partial charge is 0.414 e. The highest BCUT2D eigenvalue weighted by Gasteiger charge is 2.28. The van der Waals surface area contributed by atoms with Gasteiger partial charge in [-0.05, 0) is 12.1 Å². The molecule has 0 aromatic carbocycles. The Kier molecular flexibility index (Phi) is 4.01. The second-order valence-electron chi connectivity index (χ2n) is 2.88. The number of halogens is 3. The third-order valence-electron chi connectivity index (χ3n) is 1.53. The summed E-state index contributed by atoms with van der Waals surface area (Å²) in [5.41, 5.74) is 1.68. The number of pyridine rings is 1. The Morgan fingerprint density at radius 3 is 2.71 bits per heavy atom. The molecule has 0 bridgehead atoms. The lowest BCUT2D eigenvalue weighted by Crippen LogP contribution is -2.30. The Balaban J connectivity index is 2.50. The van der Waals surface area contributed by atoms with Crippen molar-refractivity contribution in [3.8, 4) is 6.07 Å². The van der Waals surface area contributed by atoms with Crippen molar-refractivity contribution in [2.45, 2.75) is 6.18 Å². The van der Waals surface area contributed by atoms with Gasteiger partial charge in [-0.2, -0.15) is 18.4 Å². The number of hydrogen-bond acceptors (Lipinski definition) is 4. The van der Waals surface area contributed by atoms with Crippen LogP contribution in [0.4, 0.5) is 13.2 Å². The van der Waals surface area contributed by atoms with Gasteiger partial charge in [0.05, 0.1) is 5.56 Å². The van der Waals surface area contributed by atoms with E-state index in [1.807, 2.05) is 0 Å². The van der Waals surface area contributed by atoms with Gasteiger partial charge in [-0.25, -0.2) is 10.5 Å². The number of nitrogens with one attached hydrogen (secondary N) is 1. The van der Waals surface area contributed by atoms with Gasteiger partial charge in [0, 0.05) is 6.20 Å². The molecule has 0 unspecified atom stereocenters. The number of amides is 1. The van der Waals surface area contributed by atoms with Gasteiger partial charge in [0.1, 0.15) is 11.8 Å². The maximum atomic E-state index is 11.7. The van der Waals surface area contributed by atoms with Gasteiger partial charge in [-0.15, -0.1) is 0 Å². The standard InChI is InChI=1S/C9H6F3N3O2/c10-9(11,12)5-17-15-8(16)7-2-1-6(3-13)4-14-7/h1-2,4H,5H2,(H,15,16). The zero-order chi connectivity index (χ0) is 12.9. The number of nitrogens with zero attached hydrogens (tertiary/aromatic N) is 2. The first kappa shape index (κ1) is 12.9. The Morgan fingerprint density at radius 2 is 2.24 bits per heavy atom. The first-order valence-electron chi connectivity index (χ1n) is 4.27. The first-order chi connectivity index (χ1) is 7.92. The van der Waals surface area contributed by atoms with Crippen molar-refractivity contribution in [3.05, 3.63) is 29.6 Å². The van der Waals surface area contributed by atoms with E-state index in [0.29, 0.717) is 0 Å². The van der Waals surface area contributed by atoms with Crippen LogP contribution < -0.4 is 5.48 Å². The number of carbonyl (C=O) groups excluding carboxylic acids is 1. The molecule has 1 heterocycles. The highest BCUT2D eigenvalue weighted by atomic mass is 19.4. The Bertz CT molecular complexity index is 436. The fraction of sp³-hybridized carbons (Fsp3) is 0.222. The van der Waals surface area contributed by atoms with Crippen LogP contribution in [0.15, 0.2) is 18.3 Å². The highest BCUT2D eigenvalue weighted by Crippen LogP contribution is 2.13. The molecule has 1 N–H and O–H groups in total. The summed E-state index contributed by atoms with van der Waals surface area (Å²) in [4.78, 5) is 18.7. The molecule has 8 heteroatoms. The van der Waals surface area contributed by atoms with Crippen LogP contribution in [0, 0.1) is 11.3 Å². The summed E-state index contributed by atoms with van der Waals surface area (Å²) >= 11 is 0. The lowest BCUT2D eigenvalue weighted by Gasteiger charge is -2.07. The van der Waals surface area contributed by atoms with Crippen molar-refractivity contribution in [3.63, 3.8) is 0 Å². The van der Waals surface area contributed by atoms with Crippen molar-refractivity contribution in [1.82, 2.24) is 10.5 Å². The first-order valence-corrected chi connectivity index (χ1v) is 4.27. The van der Waals surface area contributed by atoms with Crippen LogP contribution in [0.25, 0.3) is 0 Å². The van der Waals surface area contributed by atoms with Crippen molar-refractivity contribution >= 4 is 5.91 Å². The molecule has 17 heavy (non-hydrogen) atoms. The molecule has 0 spiro atoms. The molecule has 0 aliphatic carbocycles. The van der Waals surface area contributed by atoms with E-state index in [9.17, 15) is 18.0 Å². The Hall–Kier alpha value is -2.14. The van der Waals surface area contributed by atoms with Gasteiger partial charge in [0.25, 0.3) is 5.91 Å². The molecule has 0 fully saturated rings. The van der Waals surface area contributed by atoms with Crippen molar-refractivity contribution < 1.29 is 22.8 Å². The number of alkyl halides is 3. The van der Waals surface area contributed by atoms with Crippen LogP contribution in [0.5, 0.6) is 0 Å². The average Bonchev–Trinajstić information content (AvgIpc) is 2.27. The third-order valence-corrected chi connectivity index (χ3v) is 1.53. The van der Waals surface area contributed by atoms with Crippen molar-refractivity contribution in [2.24, 2.45) is 0 Å². The predicted molar refractivity (Wildman–Crippen MR) is 48.4 cm³/mol. The topological polar surface area (TPSA) is 75.0 Å². The second kappa shape index (κ2) is 5.27. The van der Waals surface area contributed by atoms with E-state index in [1.165, 1.54) is 12.1 Å². The fourth-order valence-electron chi connectivity index (χ4n) is 0.830. The number of aromatic nitrogens is 1. The van der Waals surface area contributed by atoms with Gasteiger partial charge in [0.15, 0.2) is 6.61 Å². The van der Waals surface area contributed by atoms with E-state index in [2.05, 4.69) is 9.82 Å². The van der Waals surface area contributed by atoms with Crippen molar-refractivity contribution in [2.75, 3.05) is 6.61 Å². The lowest BCUT2D eigenvalue weighted by molar-refractivity contribution is -0.184. The summed E-state index contributed by atoms with van der Waals surface area (Å²) in [6.45, 7) is -1.59. The highest BCUT2D eigenvalue weighted by molar-refractivity contribution is 5.91.